The molecule has 1 saturated carbocycles. The molecule has 0 saturated heterocycles. The number of benzene rings is 5. The number of hydrogen-bond donors (Lipinski definition) is 0. The van der Waals surface area contributed by atoms with Crippen LogP contribution in [0, 0.1) is 57.6 Å². The van der Waals surface area contributed by atoms with E-state index in [0.717, 1.165) is 35.9 Å². The second-order valence-electron chi connectivity index (χ2n) is 15.1. The average molecular weight is 957 g/mol. The van der Waals surface area contributed by atoms with E-state index < -0.39 is 46.0 Å². The van der Waals surface area contributed by atoms with Gasteiger partial charge in [-0.2, -0.15) is 0 Å². The van der Waals surface area contributed by atoms with Gasteiger partial charge in [-0.25, -0.2) is 0 Å². The Labute approximate surface area is 378 Å². The summed E-state index contributed by atoms with van der Waals surface area (Å²) in [7, 11) is 0. The SMILES string of the molecule is [2H]C([2H])([2H])c1cc(C2([2H])CCC(C)(C)CC2)ccc1-c1ccc(-c2cc(-c3[c-]ccc4c3oc3ccccc34)ncc2C([2H])([2H])[2H])c(C([2H])([2H])[2H])c1.[2H]C([2H])([2H])c1cnc(-c2[c-]cc(F)cc2)cc1C([2H])([2H])[2H].[Ir]. The maximum atomic E-state index is 12.9. The van der Waals surface area contributed by atoms with Crippen LogP contribution in [-0.4, -0.2) is 9.97 Å². The number of para-hydroxylation sites is 1. The van der Waals surface area contributed by atoms with Gasteiger partial charge < -0.3 is 14.4 Å². The fourth-order valence-electron chi connectivity index (χ4n) is 7.34. The van der Waals surface area contributed by atoms with E-state index >= 15 is 0 Å². The van der Waals surface area contributed by atoms with Crippen LogP contribution in [-0.2, 0) is 20.1 Å². The first-order chi connectivity index (χ1) is 33.8. The summed E-state index contributed by atoms with van der Waals surface area (Å²) in [6, 6.07) is 33.1. The first-order valence-corrected chi connectivity index (χ1v) is 18.7. The summed E-state index contributed by atoms with van der Waals surface area (Å²) in [5, 5.41) is 1.73. The second-order valence-corrected chi connectivity index (χ2v) is 15.1. The molecule has 9 rings (SSSR count). The molecule has 3 nitrogen and oxygen atoms in total. The van der Waals surface area contributed by atoms with E-state index in [0.29, 0.717) is 57.5 Å². The van der Waals surface area contributed by atoms with Gasteiger partial charge in [0.2, 0.25) is 0 Å². The normalized spacial score (nSPS) is 19.6. The van der Waals surface area contributed by atoms with Gasteiger partial charge >= 0.3 is 0 Å². The first-order valence-electron chi connectivity index (χ1n) is 26.7. The molecule has 1 aliphatic rings. The Morgan fingerprint density at radius 3 is 2.22 bits per heavy atom. The predicted molar refractivity (Wildman–Crippen MR) is 234 cm³/mol. The van der Waals surface area contributed by atoms with E-state index in [9.17, 15) is 5.76 Å². The molecule has 295 valence electrons. The van der Waals surface area contributed by atoms with Gasteiger partial charge in [0, 0.05) is 65.6 Å². The van der Waals surface area contributed by atoms with Gasteiger partial charge in [0.1, 0.15) is 5.58 Å². The van der Waals surface area contributed by atoms with Crippen LogP contribution in [0.5, 0.6) is 0 Å². The fourth-order valence-corrected chi connectivity index (χ4v) is 7.34. The largest absolute Gasteiger partial charge is 0.501 e. The monoisotopic (exact) mass is 957 g/mol. The number of hydrogen-bond acceptors (Lipinski definition) is 3. The number of halogens is 1. The van der Waals surface area contributed by atoms with Gasteiger partial charge in [-0.1, -0.05) is 97.1 Å². The topological polar surface area (TPSA) is 38.9 Å². The number of furan rings is 1. The van der Waals surface area contributed by atoms with Crippen molar-refractivity contribution in [1.29, 1.82) is 0 Å². The van der Waals surface area contributed by atoms with Gasteiger partial charge in [-0.15, -0.1) is 48.0 Å². The van der Waals surface area contributed by atoms with Crippen molar-refractivity contribution in [3.8, 4) is 44.8 Å². The fraction of sp³-hybridized carbons (Fsp3) is 0.245. The van der Waals surface area contributed by atoms with E-state index in [1.165, 1.54) is 30.5 Å². The Kier molecular flexibility index (Phi) is 7.39. The van der Waals surface area contributed by atoms with Crippen LogP contribution in [0.25, 0.3) is 66.7 Å². The molecular formula is C53H49FIrN2O-2. The Hall–Kier alpha value is -5.22. The molecule has 8 aromatic rings. The molecule has 58 heavy (non-hydrogen) atoms. The molecule has 3 heterocycles. The molecule has 0 atom stereocenters. The summed E-state index contributed by atoms with van der Waals surface area (Å²) >= 11 is 0. The molecule has 5 aromatic carbocycles. The smallest absolute Gasteiger partial charge is 0.120 e. The van der Waals surface area contributed by atoms with Gasteiger partial charge in [-0.3, -0.25) is 4.39 Å². The van der Waals surface area contributed by atoms with Crippen LogP contribution < -0.4 is 0 Å². The van der Waals surface area contributed by atoms with Crippen molar-refractivity contribution in [2.24, 2.45) is 5.41 Å². The number of fused-ring (bicyclic) bond motifs is 3. The molecule has 0 bridgehead atoms. The molecule has 0 spiro atoms. The molecular weight excluding hydrogens is 892 g/mol. The van der Waals surface area contributed by atoms with Crippen LogP contribution in [0.15, 0.2) is 120 Å². The molecule has 1 fully saturated rings. The molecule has 0 unspecified atom stereocenters. The second kappa shape index (κ2) is 16.9. The van der Waals surface area contributed by atoms with Crippen molar-refractivity contribution in [2.75, 3.05) is 0 Å². The molecule has 0 aliphatic heterocycles. The van der Waals surface area contributed by atoms with E-state index in [4.69, 9.17) is 25.0 Å². The minimum Gasteiger partial charge on any atom is -0.501 e. The van der Waals surface area contributed by atoms with E-state index in [2.05, 4.69) is 35.9 Å². The molecule has 5 heteroatoms. The first kappa shape index (κ1) is 25.3. The molecule has 3 aromatic heterocycles. The predicted octanol–water partition coefficient (Wildman–Crippen LogP) is 14.7. The third kappa shape index (κ3) is 8.48. The number of nitrogens with zero attached hydrogens (tertiary/aromatic N) is 2. The van der Waals surface area contributed by atoms with Crippen molar-refractivity contribution < 1.29 is 50.8 Å². The Morgan fingerprint density at radius 2 is 1.45 bits per heavy atom. The zero-order valence-electron chi connectivity index (χ0n) is 47.8. The summed E-state index contributed by atoms with van der Waals surface area (Å²) in [4.78, 5) is 8.46. The van der Waals surface area contributed by atoms with E-state index in [-0.39, 0.29) is 70.2 Å². The quantitative estimate of drug-likeness (QED) is 0.161. The zero-order chi connectivity index (χ0) is 53.3. The van der Waals surface area contributed by atoms with Crippen molar-refractivity contribution in [3.05, 3.63) is 167 Å². The molecule has 0 N–H and O–H groups in total. The van der Waals surface area contributed by atoms with E-state index in [1.54, 1.807) is 42.5 Å². The Balaban J connectivity index is 0.000000305. The summed E-state index contributed by atoms with van der Waals surface area (Å²) in [6.07, 6.45) is 5.20. The number of rotatable bonds is 5. The molecule has 1 radical (unpaired) electrons. The Morgan fingerprint density at radius 1 is 0.707 bits per heavy atom. The van der Waals surface area contributed by atoms with Crippen molar-refractivity contribution in [1.82, 2.24) is 9.97 Å². The summed E-state index contributed by atoms with van der Waals surface area (Å²) in [6.45, 7) is -8.66. The average Bonchev–Trinajstić information content (AvgIpc) is 3.70. The number of aromatic nitrogens is 2. The standard InChI is InChI=1S/C40H38NO.C13H11FN.Ir/c1-25-21-29(28-17-19-40(4,5)20-18-28)13-15-31(25)30-14-16-32(26(2)22-30)36-23-37(41-24-27(36)3)35-11-8-10-34-33-9-6-7-12-38(33)42-39(34)35;1-9-7-13(15-8-10(9)2)11-3-5-12(14)6-4-11;/h6-10,12-16,21-24,28H,17-20H2,1-5H3;3,5-8H,1-2H3;/q2*-1;/i1D3,2D3,3D3,28D;1D3,2D3;. The van der Waals surface area contributed by atoms with Gasteiger partial charge in [0.05, 0.1) is 5.58 Å². The third-order valence-corrected chi connectivity index (χ3v) is 10.7. The van der Waals surface area contributed by atoms with Gasteiger partial charge in [-0.05, 0) is 139 Å². The number of pyridine rings is 2. The molecule has 1 aliphatic carbocycles. The van der Waals surface area contributed by atoms with Gasteiger partial charge in [0.15, 0.2) is 0 Å². The number of aryl methyl sites for hydroxylation is 5. The van der Waals surface area contributed by atoms with Crippen LogP contribution in [0.1, 0.15) is 101 Å². The van der Waals surface area contributed by atoms with Gasteiger partial charge in [0.25, 0.3) is 0 Å². The van der Waals surface area contributed by atoms with Crippen molar-refractivity contribution >= 4 is 21.9 Å². The van der Waals surface area contributed by atoms with E-state index in [1.807, 2.05) is 30.3 Å². The molecule has 0 amide bonds. The Bertz CT molecular complexity index is 3340. The summed E-state index contributed by atoms with van der Waals surface area (Å²) in [5.74, 6) is -1.40. The van der Waals surface area contributed by atoms with Crippen LogP contribution in [0.4, 0.5) is 4.39 Å². The maximum absolute atomic E-state index is 12.9. The summed E-state index contributed by atoms with van der Waals surface area (Å²) in [5.41, 5.74) is 3.60. The van der Waals surface area contributed by atoms with Crippen LogP contribution >= 0.6 is 0 Å². The van der Waals surface area contributed by atoms with Crippen LogP contribution in [0.3, 0.4) is 0 Å². The van der Waals surface area contributed by atoms with Crippen molar-refractivity contribution in [2.45, 2.75) is 79.7 Å². The summed E-state index contributed by atoms with van der Waals surface area (Å²) < 4.78 is 149. The minimum atomic E-state index is -2.70. The maximum Gasteiger partial charge on any atom is 0.120 e. The minimum absolute atomic E-state index is 0. The third-order valence-electron chi connectivity index (χ3n) is 10.7. The van der Waals surface area contributed by atoms with Crippen molar-refractivity contribution in [3.63, 3.8) is 0 Å². The van der Waals surface area contributed by atoms with Crippen LogP contribution in [0.2, 0.25) is 0 Å². The zero-order valence-corrected chi connectivity index (χ0v) is 34.2.